The van der Waals surface area contributed by atoms with Crippen molar-refractivity contribution in [2.24, 2.45) is 7.05 Å². The lowest BCUT2D eigenvalue weighted by atomic mass is 10.2. The maximum absolute atomic E-state index is 11.9. The summed E-state index contributed by atoms with van der Waals surface area (Å²) in [5, 5.41) is 17.0. The largest absolute Gasteiger partial charge is 0.467 e. The van der Waals surface area contributed by atoms with Gasteiger partial charge in [-0.05, 0) is 19.1 Å². The second kappa shape index (κ2) is 6.11. The quantitative estimate of drug-likeness (QED) is 0.873. The third kappa shape index (κ3) is 3.20. The molecule has 0 fully saturated rings. The zero-order valence-corrected chi connectivity index (χ0v) is 12.0. The van der Waals surface area contributed by atoms with E-state index in [-0.39, 0.29) is 18.9 Å². The topological polar surface area (TPSA) is 80.3 Å². The van der Waals surface area contributed by atoms with Crippen LogP contribution in [0.5, 0.6) is 0 Å². The first kappa shape index (κ1) is 14.6. The van der Waals surface area contributed by atoms with E-state index in [4.69, 9.17) is 16.0 Å². The Balaban J connectivity index is 1.90. The Morgan fingerprint density at radius 3 is 2.95 bits per heavy atom. The Labute approximate surface area is 121 Å². The van der Waals surface area contributed by atoms with Crippen molar-refractivity contribution < 1.29 is 14.3 Å². The molecule has 2 rings (SSSR count). The number of nitrogens with one attached hydrogen (secondary N) is 1. The van der Waals surface area contributed by atoms with Gasteiger partial charge in [0.05, 0.1) is 24.9 Å². The van der Waals surface area contributed by atoms with Crippen LogP contribution in [0, 0.1) is 6.92 Å². The zero-order chi connectivity index (χ0) is 14.7. The number of halogens is 1. The first-order chi connectivity index (χ1) is 9.49. The van der Waals surface area contributed by atoms with E-state index in [0.717, 1.165) is 5.69 Å². The van der Waals surface area contributed by atoms with Gasteiger partial charge in [0.2, 0.25) is 5.91 Å². The molecule has 0 aliphatic heterocycles. The molecule has 0 saturated heterocycles. The number of aliphatic hydroxyl groups is 1. The summed E-state index contributed by atoms with van der Waals surface area (Å²) < 4.78 is 6.58. The molecule has 0 aromatic carbocycles. The highest BCUT2D eigenvalue weighted by molar-refractivity contribution is 6.30. The van der Waals surface area contributed by atoms with E-state index in [1.54, 1.807) is 26.1 Å². The normalized spacial score (nSPS) is 12.4. The van der Waals surface area contributed by atoms with Crippen molar-refractivity contribution in [3.63, 3.8) is 0 Å². The predicted octanol–water partition coefficient (Wildman–Crippen LogP) is 1.37. The fourth-order valence-corrected chi connectivity index (χ4v) is 2.13. The molecular formula is C13H16ClN3O3. The minimum atomic E-state index is -0.862. The number of carbonyl (C=O) groups is 1. The number of furan rings is 1. The highest BCUT2D eigenvalue weighted by Crippen LogP contribution is 2.19. The molecule has 2 aromatic rings. The summed E-state index contributed by atoms with van der Waals surface area (Å²) >= 11 is 6.06. The monoisotopic (exact) mass is 297 g/mol. The van der Waals surface area contributed by atoms with Gasteiger partial charge in [-0.1, -0.05) is 11.6 Å². The number of aliphatic hydroxyl groups excluding tert-OH is 1. The lowest BCUT2D eigenvalue weighted by molar-refractivity contribution is -0.120. The molecule has 1 amide bonds. The first-order valence-corrected chi connectivity index (χ1v) is 6.53. The van der Waals surface area contributed by atoms with Gasteiger partial charge >= 0.3 is 0 Å². The molecule has 1 atom stereocenters. The molecule has 1 unspecified atom stereocenters. The number of carbonyl (C=O) groups excluding carboxylic acids is 1. The molecule has 0 aliphatic carbocycles. The van der Waals surface area contributed by atoms with Crippen LogP contribution in [0.15, 0.2) is 22.8 Å². The van der Waals surface area contributed by atoms with Crippen molar-refractivity contribution in [1.82, 2.24) is 15.1 Å². The van der Waals surface area contributed by atoms with E-state index < -0.39 is 6.10 Å². The van der Waals surface area contributed by atoms with Crippen LogP contribution in [0.2, 0.25) is 5.15 Å². The molecule has 0 spiro atoms. The Kier molecular flexibility index (Phi) is 4.46. The van der Waals surface area contributed by atoms with Crippen LogP contribution in [0.4, 0.5) is 0 Å². The van der Waals surface area contributed by atoms with Crippen LogP contribution in [-0.2, 0) is 18.3 Å². The molecule has 0 aliphatic rings. The summed E-state index contributed by atoms with van der Waals surface area (Å²) in [5.41, 5.74) is 1.42. The van der Waals surface area contributed by atoms with Gasteiger partial charge in [0.25, 0.3) is 0 Å². The zero-order valence-electron chi connectivity index (χ0n) is 11.3. The maximum atomic E-state index is 11.9. The maximum Gasteiger partial charge on any atom is 0.224 e. The molecule has 2 aromatic heterocycles. The van der Waals surface area contributed by atoms with E-state index in [2.05, 4.69) is 10.4 Å². The average molecular weight is 298 g/mol. The summed E-state index contributed by atoms with van der Waals surface area (Å²) in [6, 6.07) is 3.33. The fraction of sp³-hybridized carbons (Fsp3) is 0.385. The van der Waals surface area contributed by atoms with Crippen LogP contribution in [0.1, 0.15) is 23.1 Å². The van der Waals surface area contributed by atoms with E-state index in [9.17, 15) is 9.90 Å². The smallest absolute Gasteiger partial charge is 0.224 e. The van der Waals surface area contributed by atoms with E-state index >= 15 is 0 Å². The number of aromatic nitrogens is 2. The van der Waals surface area contributed by atoms with Gasteiger partial charge in [-0.3, -0.25) is 9.48 Å². The number of amides is 1. The highest BCUT2D eigenvalue weighted by atomic mass is 35.5. The molecule has 108 valence electrons. The Morgan fingerprint density at radius 2 is 2.40 bits per heavy atom. The fourth-order valence-electron chi connectivity index (χ4n) is 1.89. The number of nitrogens with zero attached hydrogens (tertiary/aromatic N) is 2. The molecule has 20 heavy (non-hydrogen) atoms. The van der Waals surface area contributed by atoms with E-state index in [1.807, 2.05) is 0 Å². The molecule has 0 radical (unpaired) electrons. The third-order valence-corrected chi connectivity index (χ3v) is 3.44. The molecule has 0 saturated carbocycles. The van der Waals surface area contributed by atoms with Gasteiger partial charge in [0.15, 0.2) is 0 Å². The summed E-state index contributed by atoms with van der Waals surface area (Å²) in [6.45, 7) is 1.88. The van der Waals surface area contributed by atoms with Gasteiger partial charge in [-0.2, -0.15) is 5.10 Å². The van der Waals surface area contributed by atoms with Crippen LogP contribution < -0.4 is 5.32 Å². The van der Waals surface area contributed by atoms with Crippen molar-refractivity contribution in [2.45, 2.75) is 19.4 Å². The lowest BCUT2D eigenvalue weighted by Crippen LogP contribution is -2.29. The predicted molar refractivity (Wildman–Crippen MR) is 73.3 cm³/mol. The molecule has 2 heterocycles. The van der Waals surface area contributed by atoms with Gasteiger partial charge in [-0.15, -0.1) is 0 Å². The first-order valence-electron chi connectivity index (χ1n) is 6.15. The molecule has 0 bridgehead atoms. The number of hydrogen-bond donors (Lipinski definition) is 2. The number of rotatable bonds is 5. The minimum absolute atomic E-state index is 0.0866. The van der Waals surface area contributed by atoms with Crippen LogP contribution in [-0.4, -0.2) is 27.3 Å². The second-order valence-electron chi connectivity index (χ2n) is 4.49. The van der Waals surface area contributed by atoms with Gasteiger partial charge in [-0.25, -0.2) is 0 Å². The summed E-state index contributed by atoms with van der Waals surface area (Å²) in [7, 11) is 1.72. The Morgan fingerprint density at radius 1 is 1.65 bits per heavy atom. The SMILES string of the molecule is Cc1nn(C)c(Cl)c1CC(=O)NCC(O)c1ccco1. The van der Waals surface area contributed by atoms with Gasteiger partial charge < -0.3 is 14.8 Å². The van der Waals surface area contributed by atoms with Crippen molar-refractivity contribution in [3.05, 3.63) is 40.6 Å². The second-order valence-corrected chi connectivity index (χ2v) is 4.85. The standard InChI is InChI=1S/C13H16ClN3O3/c1-8-9(13(14)17(2)16-8)6-12(19)15-7-10(18)11-4-3-5-20-11/h3-5,10,18H,6-7H2,1-2H3,(H,15,19). The van der Waals surface area contributed by atoms with Crippen molar-refractivity contribution in [2.75, 3.05) is 6.54 Å². The number of aryl methyl sites for hydroxylation is 2. The average Bonchev–Trinajstić information content (AvgIpc) is 3.01. The molecule has 6 nitrogen and oxygen atoms in total. The van der Waals surface area contributed by atoms with Crippen molar-refractivity contribution >= 4 is 17.5 Å². The third-order valence-electron chi connectivity index (χ3n) is 2.97. The highest BCUT2D eigenvalue weighted by Gasteiger charge is 2.16. The molecule has 2 N–H and O–H groups in total. The van der Waals surface area contributed by atoms with E-state index in [1.165, 1.54) is 10.9 Å². The van der Waals surface area contributed by atoms with Gasteiger partial charge in [0, 0.05) is 12.6 Å². The number of hydrogen-bond acceptors (Lipinski definition) is 4. The van der Waals surface area contributed by atoms with Crippen molar-refractivity contribution in [1.29, 1.82) is 0 Å². The van der Waals surface area contributed by atoms with Crippen molar-refractivity contribution in [3.8, 4) is 0 Å². The summed E-state index contributed by atoms with van der Waals surface area (Å²) in [5.74, 6) is 0.189. The minimum Gasteiger partial charge on any atom is -0.467 e. The lowest BCUT2D eigenvalue weighted by Gasteiger charge is -2.09. The Hall–Kier alpha value is -1.79. The summed E-state index contributed by atoms with van der Waals surface area (Å²) in [4.78, 5) is 11.9. The van der Waals surface area contributed by atoms with Crippen LogP contribution >= 0.6 is 11.6 Å². The van der Waals surface area contributed by atoms with Crippen LogP contribution in [0.3, 0.4) is 0 Å². The Bertz CT molecular complexity index is 592. The van der Waals surface area contributed by atoms with E-state index in [0.29, 0.717) is 16.5 Å². The van der Waals surface area contributed by atoms with Gasteiger partial charge in [0.1, 0.15) is 17.0 Å². The van der Waals surface area contributed by atoms with Crippen LogP contribution in [0.25, 0.3) is 0 Å². The summed E-state index contributed by atoms with van der Waals surface area (Å²) in [6.07, 6.45) is 0.738. The molecule has 7 heteroatoms. The molecular weight excluding hydrogens is 282 g/mol.